The summed E-state index contributed by atoms with van der Waals surface area (Å²) in [5.41, 5.74) is 3.58. The van der Waals surface area contributed by atoms with Gasteiger partial charge in [-0.25, -0.2) is 0 Å². The molecule has 0 unspecified atom stereocenters. The van der Waals surface area contributed by atoms with Crippen molar-refractivity contribution in [3.63, 3.8) is 0 Å². The molecule has 0 aliphatic rings. The van der Waals surface area contributed by atoms with Crippen molar-refractivity contribution in [2.45, 2.75) is 0 Å². The third-order valence-corrected chi connectivity index (χ3v) is 4.83. The summed E-state index contributed by atoms with van der Waals surface area (Å²) in [5.74, 6) is 1.69. The predicted molar refractivity (Wildman–Crippen MR) is 117 cm³/mol. The van der Waals surface area contributed by atoms with Gasteiger partial charge in [0.05, 0.1) is 0 Å². The molecule has 0 amide bonds. The lowest BCUT2D eigenvalue weighted by molar-refractivity contribution is 0.474. The average molecular weight is 424 g/mol. The Balaban J connectivity index is 1.46. The third-order valence-electron chi connectivity index (χ3n) is 4.83. The van der Waals surface area contributed by atoms with E-state index in [1.807, 2.05) is 18.2 Å². The van der Waals surface area contributed by atoms with Crippen LogP contribution in [0, 0.1) is 0 Å². The van der Waals surface area contributed by atoms with Crippen LogP contribution in [0.1, 0.15) is 5.56 Å². The van der Waals surface area contributed by atoms with Gasteiger partial charge in [-0.1, -0.05) is 12.7 Å². The fraction of sp³-hybridized carbons (Fsp3) is 0. The van der Waals surface area contributed by atoms with Crippen LogP contribution in [0.3, 0.4) is 0 Å². The van der Waals surface area contributed by atoms with Gasteiger partial charge in [0.2, 0.25) is 23.6 Å². The molecule has 8 heteroatoms. The summed E-state index contributed by atoms with van der Waals surface area (Å²) < 4.78 is 11.6. The first-order valence-corrected chi connectivity index (χ1v) is 9.64. The number of phenols is 2. The van der Waals surface area contributed by atoms with E-state index in [1.165, 1.54) is 0 Å². The van der Waals surface area contributed by atoms with Crippen LogP contribution in [-0.4, -0.2) is 30.6 Å². The van der Waals surface area contributed by atoms with Crippen LogP contribution in [0.2, 0.25) is 0 Å². The Bertz CT molecular complexity index is 1400. The number of aromatic nitrogens is 4. The molecular formula is C24H16N4O4. The number of hydrogen-bond donors (Lipinski definition) is 2. The zero-order valence-corrected chi connectivity index (χ0v) is 16.6. The fourth-order valence-corrected chi connectivity index (χ4v) is 3.17. The zero-order chi connectivity index (χ0) is 22.1. The van der Waals surface area contributed by atoms with Gasteiger partial charge in [-0.05, 0) is 72.3 Å². The normalized spacial score (nSPS) is 10.9. The molecular weight excluding hydrogens is 408 g/mol. The Morgan fingerprint density at radius 3 is 1.56 bits per heavy atom. The van der Waals surface area contributed by atoms with Crippen LogP contribution in [-0.2, 0) is 0 Å². The minimum absolute atomic E-state index is 0.160. The number of rotatable bonds is 5. The van der Waals surface area contributed by atoms with Crippen LogP contribution in [0.15, 0.2) is 82.1 Å². The van der Waals surface area contributed by atoms with E-state index in [2.05, 4.69) is 27.0 Å². The highest BCUT2D eigenvalue weighted by Crippen LogP contribution is 2.32. The Morgan fingerprint density at radius 2 is 1.03 bits per heavy atom. The SMILES string of the molecule is C=Cc1cc(-c2nnc(-c3ccc(O)cc3)o2)ccc1-c1nnc(-c2ccc(O)cc2)o1. The van der Waals surface area contributed by atoms with Gasteiger partial charge in [0.25, 0.3) is 0 Å². The molecule has 5 rings (SSSR count). The molecule has 0 fully saturated rings. The van der Waals surface area contributed by atoms with Crippen molar-refractivity contribution in [3.05, 3.63) is 78.9 Å². The lowest BCUT2D eigenvalue weighted by atomic mass is 10.0. The lowest BCUT2D eigenvalue weighted by Gasteiger charge is -2.04. The van der Waals surface area contributed by atoms with E-state index in [0.29, 0.717) is 45.8 Å². The molecule has 0 aliphatic heterocycles. The zero-order valence-electron chi connectivity index (χ0n) is 16.6. The monoisotopic (exact) mass is 424 g/mol. The first-order chi connectivity index (χ1) is 15.6. The first kappa shape index (κ1) is 19.3. The summed E-state index contributed by atoms with van der Waals surface area (Å²) in [6.45, 7) is 3.88. The quantitative estimate of drug-likeness (QED) is 0.396. The van der Waals surface area contributed by atoms with Gasteiger partial charge in [0, 0.05) is 22.3 Å². The van der Waals surface area contributed by atoms with E-state index < -0.39 is 0 Å². The molecule has 156 valence electrons. The minimum Gasteiger partial charge on any atom is -0.508 e. The molecule has 0 atom stereocenters. The lowest BCUT2D eigenvalue weighted by Crippen LogP contribution is -1.86. The molecule has 5 aromatic rings. The maximum absolute atomic E-state index is 9.45. The van der Waals surface area contributed by atoms with Crippen LogP contribution >= 0.6 is 0 Å². The first-order valence-electron chi connectivity index (χ1n) is 9.64. The predicted octanol–water partition coefficient (Wildman–Crippen LogP) is 5.17. The third kappa shape index (κ3) is 3.61. The van der Waals surface area contributed by atoms with Gasteiger partial charge in [0.1, 0.15) is 11.5 Å². The molecule has 0 saturated carbocycles. The molecule has 0 spiro atoms. The second kappa shape index (κ2) is 7.84. The van der Waals surface area contributed by atoms with E-state index in [0.717, 1.165) is 5.56 Å². The van der Waals surface area contributed by atoms with E-state index in [-0.39, 0.29) is 11.5 Å². The molecule has 2 heterocycles. The van der Waals surface area contributed by atoms with Gasteiger partial charge in [-0.2, -0.15) is 0 Å². The highest BCUT2D eigenvalue weighted by Gasteiger charge is 2.16. The summed E-state index contributed by atoms with van der Waals surface area (Å²) in [4.78, 5) is 0. The number of aromatic hydroxyl groups is 2. The van der Waals surface area contributed by atoms with Gasteiger partial charge >= 0.3 is 0 Å². The summed E-state index contributed by atoms with van der Waals surface area (Å²) in [5, 5.41) is 35.4. The Hall–Kier alpha value is -4.72. The van der Waals surface area contributed by atoms with Gasteiger partial charge in [0.15, 0.2) is 0 Å². The van der Waals surface area contributed by atoms with Gasteiger partial charge in [-0.3, -0.25) is 0 Å². The van der Waals surface area contributed by atoms with Crippen molar-refractivity contribution in [1.29, 1.82) is 0 Å². The largest absolute Gasteiger partial charge is 0.508 e. The summed E-state index contributed by atoms with van der Waals surface area (Å²) in [6, 6.07) is 18.5. The van der Waals surface area contributed by atoms with Gasteiger partial charge < -0.3 is 19.0 Å². The van der Waals surface area contributed by atoms with E-state index >= 15 is 0 Å². The van der Waals surface area contributed by atoms with Crippen LogP contribution < -0.4 is 0 Å². The maximum Gasteiger partial charge on any atom is 0.248 e. The summed E-state index contributed by atoms with van der Waals surface area (Å²) in [6.07, 6.45) is 1.68. The number of benzene rings is 3. The fourth-order valence-electron chi connectivity index (χ4n) is 3.17. The average Bonchev–Trinajstić information content (AvgIpc) is 3.50. The molecule has 8 nitrogen and oxygen atoms in total. The van der Waals surface area contributed by atoms with Crippen molar-refractivity contribution in [1.82, 2.24) is 20.4 Å². The Morgan fingerprint density at radius 1 is 0.594 bits per heavy atom. The summed E-state index contributed by atoms with van der Waals surface area (Å²) >= 11 is 0. The van der Waals surface area contributed by atoms with Crippen LogP contribution in [0.25, 0.3) is 51.9 Å². The van der Waals surface area contributed by atoms with Crippen LogP contribution in [0.5, 0.6) is 11.5 Å². The van der Waals surface area contributed by atoms with E-state index in [4.69, 9.17) is 8.83 Å². The molecule has 0 bridgehead atoms. The molecule has 2 N–H and O–H groups in total. The second-order valence-electron chi connectivity index (χ2n) is 6.92. The van der Waals surface area contributed by atoms with E-state index in [1.54, 1.807) is 54.6 Å². The highest BCUT2D eigenvalue weighted by molar-refractivity contribution is 5.74. The number of phenolic OH excluding ortho intramolecular Hbond substituents is 2. The smallest absolute Gasteiger partial charge is 0.248 e. The molecule has 0 aliphatic carbocycles. The van der Waals surface area contributed by atoms with Crippen molar-refractivity contribution in [2.24, 2.45) is 0 Å². The maximum atomic E-state index is 9.45. The Labute approximate surface area is 182 Å². The topological polar surface area (TPSA) is 118 Å². The minimum atomic E-state index is 0.160. The molecule has 0 radical (unpaired) electrons. The van der Waals surface area contributed by atoms with Crippen LogP contribution in [0.4, 0.5) is 0 Å². The molecule has 3 aromatic carbocycles. The highest BCUT2D eigenvalue weighted by atomic mass is 16.4. The molecule has 0 saturated heterocycles. The number of hydrogen-bond acceptors (Lipinski definition) is 8. The van der Waals surface area contributed by atoms with Crippen molar-refractivity contribution in [2.75, 3.05) is 0 Å². The molecule has 2 aromatic heterocycles. The number of nitrogens with zero attached hydrogens (tertiary/aromatic N) is 4. The Kier molecular flexibility index (Phi) is 4.72. The molecule has 32 heavy (non-hydrogen) atoms. The van der Waals surface area contributed by atoms with Crippen molar-refractivity contribution < 1.29 is 19.0 Å². The summed E-state index contributed by atoms with van der Waals surface area (Å²) in [7, 11) is 0. The van der Waals surface area contributed by atoms with Crippen molar-refractivity contribution >= 4 is 6.08 Å². The van der Waals surface area contributed by atoms with Gasteiger partial charge in [-0.15, -0.1) is 20.4 Å². The second-order valence-corrected chi connectivity index (χ2v) is 6.92. The van der Waals surface area contributed by atoms with E-state index in [9.17, 15) is 10.2 Å². The van der Waals surface area contributed by atoms with Crippen molar-refractivity contribution in [3.8, 4) is 57.3 Å². The standard InChI is InChI=1S/C24H16N4O4/c1-2-14-13-17(23-27-25-21(31-23)15-3-8-18(29)9-4-15)7-12-20(14)24-28-26-22(32-24)16-5-10-19(30)11-6-16/h2-13,29-30H,1H2.